The Morgan fingerprint density at radius 1 is 1.41 bits per heavy atom. The Morgan fingerprint density at radius 3 is 2.89 bits per heavy atom. The molecule has 1 aliphatic carbocycles. The van der Waals surface area contributed by atoms with Crippen LogP contribution in [0.1, 0.15) is 23.3 Å². The van der Waals surface area contributed by atoms with Gasteiger partial charge in [-0.3, -0.25) is 14.2 Å². The van der Waals surface area contributed by atoms with E-state index in [-0.39, 0.29) is 34.8 Å². The minimum Gasteiger partial charge on any atom is -0.341 e. The van der Waals surface area contributed by atoms with Crippen molar-refractivity contribution in [1.82, 2.24) is 14.5 Å². The van der Waals surface area contributed by atoms with E-state index in [1.165, 1.54) is 26.1 Å². The second-order valence-corrected chi connectivity index (χ2v) is 11.4. The molecule has 0 unspecified atom stereocenters. The van der Waals surface area contributed by atoms with Gasteiger partial charge in [-0.1, -0.05) is 11.8 Å². The molecule has 0 saturated carbocycles. The van der Waals surface area contributed by atoms with Gasteiger partial charge < -0.3 is 4.90 Å². The maximum Gasteiger partial charge on any atom is 0.262 e. The van der Waals surface area contributed by atoms with Crippen LogP contribution < -0.4 is 5.56 Å². The number of amides is 1. The van der Waals surface area contributed by atoms with Gasteiger partial charge in [0.15, 0.2) is 15.0 Å². The zero-order valence-corrected chi connectivity index (χ0v) is 17.7. The molecular weight excluding hydrogens is 406 g/mol. The molecule has 1 aliphatic heterocycles. The Kier molecular flexibility index (Phi) is 4.84. The summed E-state index contributed by atoms with van der Waals surface area (Å²) in [5, 5.41) is 1.26. The number of fused-ring (bicyclic) bond motifs is 3. The zero-order valence-electron chi connectivity index (χ0n) is 15.2. The fraction of sp³-hybridized carbons (Fsp3) is 0.588. The number of hydrogen-bond donors (Lipinski definition) is 0. The molecule has 1 saturated heterocycles. The number of sulfone groups is 1. The lowest BCUT2D eigenvalue weighted by molar-refractivity contribution is -0.128. The summed E-state index contributed by atoms with van der Waals surface area (Å²) in [6, 6.07) is -0.261. The summed E-state index contributed by atoms with van der Waals surface area (Å²) in [7, 11) is 0.301. The summed E-state index contributed by atoms with van der Waals surface area (Å²) in [4.78, 5) is 33.4. The average Bonchev–Trinajstić information content (AvgIpc) is 3.29. The Hall–Kier alpha value is -1.39. The van der Waals surface area contributed by atoms with Crippen LogP contribution in [0.2, 0.25) is 0 Å². The van der Waals surface area contributed by atoms with Crippen molar-refractivity contribution < 1.29 is 13.2 Å². The molecule has 27 heavy (non-hydrogen) atoms. The van der Waals surface area contributed by atoms with Crippen LogP contribution in [0.3, 0.4) is 0 Å². The van der Waals surface area contributed by atoms with Gasteiger partial charge in [0, 0.05) is 25.0 Å². The molecule has 2 aromatic heterocycles. The summed E-state index contributed by atoms with van der Waals surface area (Å²) < 4.78 is 24.8. The molecule has 1 atom stereocenters. The largest absolute Gasteiger partial charge is 0.341 e. The number of aromatic nitrogens is 2. The number of carbonyl (C=O) groups is 1. The van der Waals surface area contributed by atoms with Gasteiger partial charge in [0.05, 0.1) is 22.6 Å². The van der Waals surface area contributed by atoms with Crippen molar-refractivity contribution in [3.63, 3.8) is 0 Å². The predicted molar refractivity (Wildman–Crippen MR) is 107 cm³/mol. The molecule has 1 amide bonds. The van der Waals surface area contributed by atoms with Crippen LogP contribution in [0.5, 0.6) is 0 Å². The lowest BCUT2D eigenvalue weighted by Crippen LogP contribution is -2.39. The summed E-state index contributed by atoms with van der Waals surface area (Å²) in [5.41, 5.74) is 1.10. The third-order valence-electron chi connectivity index (χ3n) is 5.38. The lowest BCUT2D eigenvalue weighted by atomic mass is 10.2. The molecule has 0 spiro atoms. The van der Waals surface area contributed by atoms with E-state index >= 15 is 0 Å². The third kappa shape index (κ3) is 3.42. The quantitative estimate of drug-likeness (QED) is 0.538. The van der Waals surface area contributed by atoms with Crippen molar-refractivity contribution in [3.8, 4) is 0 Å². The van der Waals surface area contributed by atoms with Crippen molar-refractivity contribution in [2.45, 2.75) is 36.9 Å². The first-order chi connectivity index (χ1) is 12.8. The third-order valence-corrected chi connectivity index (χ3v) is 9.33. The molecule has 3 heterocycles. The highest BCUT2D eigenvalue weighted by Crippen LogP contribution is 2.35. The molecule has 2 aliphatic rings. The van der Waals surface area contributed by atoms with E-state index in [9.17, 15) is 18.0 Å². The van der Waals surface area contributed by atoms with Crippen LogP contribution in [0.4, 0.5) is 0 Å². The Labute approximate surface area is 165 Å². The fourth-order valence-corrected chi connectivity index (χ4v) is 7.72. The number of thioether (sulfide) groups is 1. The molecule has 10 heteroatoms. The van der Waals surface area contributed by atoms with Crippen molar-refractivity contribution in [2.75, 3.05) is 24.3 Å². The van der Waals surface area contributed by atoms with E-state index in [2.05, 4.69) is 4.98 Å². The molecule has 0 radical (unpaired) electrons. The van der Waals surface area contributed by atoms with Gasteiger partial charge in [0.25, 0.3) is 5.56 Å². The lowest BCUT2D eigenvalue weighted by Gasteiger charge is -2.23. The molecule has 146 valence electrons. The minimum atomic E-state index is -3.03. The number of nitrogens with zero attached hydrogens (tertiary/aromatic N) is 3. The average molecular weight is 428 g/mol. The first-order valence-corrected chi connectivity index (χ1v) is 12.5. The molecule has 0 aromatic carbocycles. The van der Waals surface area contributed by atoms with Gasteiger partial charge in [-0.2, -0.15) is 0 Å². The maximum atomic E-state index is 12.8. The second kappa shape index (κ2) is 6.89. The highest BCUT2D eigenvalue weighted by Gasteiger charge is 2.32. The predicted octanol–water partition coefficient (Wildman–Crippen LogP) is 1.22. The topological polar surface area (TPSA) is 89.3 Å². The van der Waals surface area contributed by atoms with Gasteiger partial charge in [-0.25, -0.2) is 13.4 Å². The van der Waals surface area contributed by atoms with Crippen LogP contribution in [0.15, 0.2) is 9.95 Å². The van der Waals surface area contributed by atoms with Gasteiger partial charge in [0.2, 0.25) is 5.91 Å². The van der Waals surface area contributed by atoms with Crippen molar-refractivity contribution in [3.05, 3.63) is 20.8 Å². The normalized spacial score (nSPS) is 20.9. The number of aryl methyl sites for hydroxylation is 2. The van der Waals surface area contributed by atoms with E-state index < -0.39 is 9.84 Å². The van der Waals surface area contributed by atoms with Crippen LogP contribution in [0, 0.1) is 0 Å². The van der Waals surface area contributed by atoms with E-state index in [0.29, 0.717) is 11.6 Å². The molecule has 7 nitrogen and oxygen atoms in total. The summed E-state index contributed by atoms with van der Waals surface area (Å²) in [6.07, 6.45) is 3.52. The highest BCUT2D eigenvalue weighted by molar-refractivity contribution is 7.99. The van der Waals surface area contributed by atoms with Crippen LogP contribution in [0.25, 0.3) is 10.2 Å². The summed E-state index contributed by atoms with van der Waals surface area (Å²) in [5.74, 6) is 0.149. The van der Waals surface area contributed by atoms with Crippen molar-refractivity contribution in [1.29, 1.82) is 0 Å². The highest BCUT2D eigenvalue weighted by atomic mass is 32.2. The number of carbonyl (C=O) groups excluding carboxylic acids is 1. The number of rotatable bonds is 4. The zero-order chi connectivity index (χ0) is 19.3. The molecule has 2 aromatic rings. The fourth-order valence-electron chi connectivity index (χ4n) is 3.75. The minimum absolute atomic E-state index is 0.0311. The number of thiophene rings is 1. The monoisotopic (exact) mass is 427 g/mol. The molecule has 1 fully saturated rings. The van der Waals surface area contributed by atoms with Gasteiger partial charge in [0.1, 0.15) is 4.83 Å². The first-order valence-electron chi connectivity index (χ1n) is 8.87. The smallest absolute Gasteiger partial charge is 0.262 e. The molecular formula is C17H21N3O4S3. The van der Waals surface area contributed by atoms with Crippen molar-refractivity contribution >= 4 is 49.1 Å². The van der Waals surface area contributed by atoms with Crippen molar-refractivity contribution in [2.24, 2.45) is 7.05 Å². The van der Waals surface area contributed by atoms with Crippen LogP contribution >= 0.6 is 23.1 Å². The molecule has 0 N–H and O–H groups in total. The second-order valence-electron chi connectivity index (χ2n) is 7.15. The van der Waals surface area contributed by atoms with E-state index in [0.717, 1.165) is 35.0 Å². The first kappa shape index (κ1) is 18.9. The Morgan fingerprint density at radius 2 is 2.19 bits per heavy atom. The van der Waals surface area contributed by atoms with Gasteiger partial charge in [-0.15, -0.1) is 11.3 Å². The van der Waals surface area contributed by atoms with Gasteiger partial charge in [-0.05, 0) is 31.2 Å². The Bertz CT molecular complexity index is 1090. The van der Waals surface area contributed by atoms with E-state index in [1.807, 2.05) is 0 Å². The molecule has 4 rings (SSSR count). The summed E-state index contributed by atoms with van der Waals surface area (Å²) in [6.45, 7) is 0. The van der Waals surface area contributed by atoms with E-state index in [1.54, 1.807) is 25.4 Å². The summed E-state index contributed by atoms with van der Waals surface area (Å²) >= 11 is 2.81. The standard InChI is InChI=1S/C17H21N3O4S3/c1-19(10-6-7-27(23,24)9-10)13(21)8-25-17-18-15-14(16(22)20(17)2)11-4-3-5-12(11)26-15/h10H,3-9H2,1-2H3/t10-/m1/s1. The maximum absolute atomic E-state index is 12.8. The molecule has 0 bridgehead atoms. The van der Waals surface area contributed by atoms with Crippen LogP contribution in [-0.2, 0) is 34.5 Å². The van der Waals surface area contributed by atoms with Gasteiger partial charge >= 0.3 is 0 Å². The SMILES string of the molecule is CN(C(=O)CSc1nc2sc3c(c2c(=O)n1C)CCC3)[C@@H]1CCS(=O)(=O)C1. The van der Waals surface area contributed by atoms with E-state index in [4.69, 9.17) is 0 Å². The Balaban J connectivity index is 1.51. The number of hydrogen-bond acceptors (Lipinski definition) is 7. The van der Waals surface area contributed by atoms with Crippen LogP contribution in [-0.4, -0.2) is 59.1 Å².